The molecule has 4 aromatic carbocycles. The van der Waals surface area contributed by atoms with Crippen molar-refractivity contribution in [2.45, 2.75) is 119 Å². The normalized spacial score (nSPS) is 12.0. The van der Waals surface area contributed by atoms with Crippen LogP contribution in [0.25, 0.3) is 22.3 Å². The van der Waals surface area contributed by atoms with Crippen molar-refractivity contribution in [1.29, 1.82) is 0 Å². The monoisotopic (exact) mass is 574 g/mol. The molecule has 0 fully saturated rings. The van der Waals surface area contributed by atoms with E-state index in [1.165, 1.54) is 55.6 Å². The van der Waals surface area contributed by atoms with Crippen LogP contribution in [0.3, 0.4) is 0 Å². The van der Waals surface area contributed by atoms with Crippen molar-refractivity contribution in [2.75, 3.05) is 0 Å². The van der Waals surface area contributed by atoms with Crippen LogP contribution in [0.5, 0.6) is 11.5 Å². The van der Waals surface area contributed by atoms with Gasteiger partial charge in [-0.2, -0.15) is 0 Å². The van der Waals surface area contributed by atoms with Crippen LogP contribution in [0.15, 0.2) is 72.8 Å². The van der Waals surface area contributed by atoms with Crippen LogP contribution in [-0.2, 0) is 0 Å². The Labute approximate surface area is 262 Å². The highest BCUT2D eigenvalue weighted by Gasteiger charge is 2.24. The smallest absolute Gasteiger partial charge is 0.135 e. The average molecular weight is 575 g/mol. The van der Waals surface area contributed by atoms with E-state index in [9.17, 15) is 0 Å². The Balaban J connectivity index is 1.96. The zero-order valence-corrected chi connectivity index (χ0v) is 28.8. The van der Waals surface area contributed by atoms with E-state index in [0.29, 0.717) is 35.5 Å². The number of para-hydroxylation sites is 2. The molecule has 0 atom stereocenters. The molecule has 0 saturated heterocycles. The minimum Gasteiger partial charge on any atom is -0.456 e. The maximum Gasteiger partial charge on any atom is 0.135 e. The summed E-state index contributed by atoms with van der Waals surface area (Å²) in [6, 6.07) is 27.0. The van der Waals surface area contributed by atoms with E-state index in [4.69, 9.17) is 4.74 Å². The SMILES string of the molecule is CC(C)c1cc(C(C)C)c(-c2ccccc2Oc2ccccc2-c2c(C(C)C)cc(C(C)C)cc2C(C)C)c(C(C)C)c1. The number of rotatable bonds is 10. The first kappa shape index (κ1) is 32.6. The largest absolute Gasteiger partial charge is 0.456 e. The van der Waals surface area contributed by atoms with Gasteiger partial charge in [0.05, 0.1) is 0 Å². The molecule has 0 aromatic heterocycles. The lowest BCUT2D eigenvalue weighted by Gasteiger charge is -2.26. The summed E-state index contributed by atoms with van der Waals surface area (Å²) < 4.78 is 7.04. The first-order valence-electron chi connectivity index (χ1n) is 16.5. The van der Waals surface area contributed by atoms with Crippen molar-refractivity contribution < 1.29 is 4.74 Å². The molecule has 1 nitrogen and oxygen atoms in total. The fourth-order valence-electron chi connectivity index (χ4n) is 6.18. The lowest BCUT2D eigenvalue weighted by molar-refractivity contribution is 0.486. The van der Waals surface area contributed by atoms with Crippen molar-refractivity contribution in [3.63, 3.8) is 0 Å². The summed E-state index contributed by atoms with van der Waals surface area (Å²) >= 11 is 0. The Kier molecular flexibility index (Phi) is 10.3. The Bertz CT molecular complexity index is 1370. The minimum absolute atomic E-state index is 0.396. The molecule has 0 aliphatic carbocycles. The molecule has 0 bridgehead atoms. The Morgan fingerprint density at radius 2 is 0.651 bits per heavy atom. The molecule has 4 rings (SSSR count). The van der Waals surface area contributed by atoms with Gasteiger partial charge in [-0.15, -0.1) is 0 Å². The number of ether oxygens (including phenoxy) is 1. The number of hydrogen-bond donors (Lipinski definition) is 0. The minimum atomic E-state index is 0.396. The third kappa shape index (κ3) is 6.93. The molecule has 43 heavy (non-hydrogen) atoms. The van der Waals surface area contributed by atoms with Gasteiger partial charge in [0.15, 0.2) is 0 Å². The zero-order valence-electron chi connectivity index (χ0n) is 28.8. The Morgan fingerprint density at radius 1 is 0.372 bits per heavy atom. The first-order valence-corrected chi connectivity index (χ1v) is 16.5. The topological polar surface area (TPSA) is 9.23 Å². The molecular weight excluding hydrogens is 520 g/mol. The molecule has 0 saturated carbocycles. The molecule has 0 N–H and O–H groups in total. The van der Waals surface area contributed by atoms with Crippen LogP contribution in [0, 0.1) is 0 Å². The van der Waals surface area contributed by atoms with Gasteiger partial charge in [-0.05, 0) is 92.1 Å². The summed E-state index contributed by atoms with van der Waals surface area (Å²) in [6.07, 6.45) is 0. The fraction of sp³-hybridized carbons (Fsp3) is 0.429. The van der Waals surface area contributed by atoms with Crippen LogP contribution in [0.4, 0.5) is 0 Å². The maximum absolute atomic E-state index is 7.04. The molecule has 0 aliphatic rings. The van der Waals surface area contributed by atoms with Gasteiger partial charge in [-0.25, -0.2) is 0 Å². The highest BCUT2D eigenvalue weighted by atomic mass is 16.5. The van der Waals surface area contributed by atoms with E-state index in [1.807, 2.05) is 0 Å². The summed E-state index contributed by atoms with van der Waals surface area (Å²) in [6.45, 7) is 27.7. The highest BCUT2D eigenvalue weighted by molar-refractivity contribution is 5.81. The van der Waals surface area contributed by atoms with Crippen LogP contribution >= 0.6 is 0 Å². The second-order valence-corrected chi connectivity index (χ2v) is 14.2. The maximum atomic E-state index is 7.04. The third-order valence-electron chi connectivity index (χ3n) is 8.80. The molecule has 0 aliphatic heterocycles. The van der Waals surface area contributed by atoms with Gasteiger partial charge in [-0.3, -0.25) is 0 Å². The molecule has 4 aromatic rings. The molecule has 0 radical (unpaired) electrons. The molecule has 228 valence electrons. The van der Waals surface area contributed by atoms with E-state index in [2.05, 4.69) is 156 Å². The van der Waals surface area contributed by atoms with E-state index >= 15 is 0 Å². The standard InChI is InChI=1S/C42H54O/c1-25(2)31-21-35(27(5)6)41(36(22-31)28(7)8)33-17-13-15-19-39(33)43-40-20-16-14-18-34(40)42-37(29(9)10)23-32(26(3)4)24-38(42)30(11)12/h13-30H,1-12H3. The van der Waals surface area contributed by atoms with Gasteiger partial charge < -0.3 is 4.74 Å². The van der Waals surface area contributed by atoms with Crippen LogP contribution in [0.2, 0.25) is 0 Å². The first-order chi connectivity index (χ1) is 20.3. The molecule has 0 spiro atoms. The van der Waals surface area contributed by atoms with E-state index < -0.39 is 0 Å². The second-order valence-electron chi connectivity index (χ2n) is 14.2. The van der Waals surface area contributed by atoms with Crippen molar-refractivity contribution in [1.82, 2.24) is 0 Å². The lowest BCUT2D eigenvalue weighted by atomic mass is 9.81. The van der Waals surface area contributed by atoms with Crippen molar-refractivity contribution in [3.8, 4) is 33.8 Å². The molecule has 0 heterocycles. The van der Waals surface area contributed by atoms with Crippen LogP contribution < -0.4 is 4.74 Å². The number of benzene rings is 4. The third-order valence-corrected chi connectivity index (χ3v) is 8.80. The Morgan fingerprint density at radius 3 is 0.907 bits per heavy atom. The van der Waals surface area contributed by atoms with E-state index in [1.54, 1.807) is 0 Å². The Hall–Kier alpha value is -3.32. The highest BCUT2D eigenvalue weighted by Crippen LogP contribution is 2.47. The lowest BCUT2D eigenvalue weighted by Crippen LogP contribution is -2.05. The van der Waals surface area contributed by atoms with Gasteiger partial charge in [0, 0.05) is 11.1 Å². The van der Waals surface area contributed by atoms with Gasteiger partial charge >= 0.3 is 0 Å². The quantitative estimate of drug-likeness (QED) is 0.183. The summed E-state index contributed by atoms with van der Waals surface area (Å²) in [5, 5.41) is 0. The summed E-state index contributed by atoms with van der Waals surface area (Å²) in [5.74, 6) is 4.37. The van der Waals surface area contributed by atoms with Gasteiger partial charge in [0.25, 0.3) is 0 Å². The van der Waals surface area contributed by atoms with Crippen LogP contribution in [0.1, 0.15) is 152 Å². The van der Waals surface area contributed by atoms with Crippen LogP contribution in [-0.4, -0.2) is 0 Å². The average Bonchev–Trinajstić information content (AvgIpc) is 2.96. The van der Waals surface area contributed by atoms with Gasteiger partial charge in [0.1, 0.15) is 11.5 Å². The van der Waals surface area contributed by atoms with Gasteiger partial charge in [-0.1, -0.05) is 144 Å². The van der Waals surface area contributed by atoms with Crippen molar-refractivity contribution >= 4 is 0 Å². The summed E-state index contributed by atoms with van der Waals surface area (Å²) in [4.78, 5) is 0. The van der Waals surface area contributed by atoms with E-state index in [-0.39, 0.29) is 0 Å². The fourth-order valence-corrected chi connectivity index (χ4v) is 6.18. The summed E-state index contributed by atoms with van der Waals surface area (Å²) in [7, 11) is 0. The number of hydrogen-bond acceptors (Lipinski definition) is 1. The van der Waals surface area contributed by atoms with E-state index in [0.717, 1.165) is 11.5 Å². The predicted octanol–water partition coefficient (Wildman–Crippen LogP) is 13.6. The summed E-state index contributed by atoms with van der Waals surface area (Å²) in [5.41, 5.74) is 13.4. The molecule has 1 heteroatoms. The second kappa shape index (κ2) is 13.5. The predicted molar refractivity (Wildman–Crippen MR) is 188 cm³/mol. The zero-order chi connectivity index (χ0) is 31.6. The van der Waals surface area contributed by atoms with Crippen molar-refractivity contribution in [3.05, 3.63) is 106 Å². The molecule has 0 unspecified atom stereocenters. The molecule has 0 amide bonds. The van der Waals surface area contributed by atoms with Crippen molar-refractivity contribution in [2.24, 2.45) is 0 Å². The van der Waals surface area contributed by atoms with Gasteiger partial charge in [0.2, 0.25) is 0 Å². The molecular formula is C42H54O.